The van der Waals surface area contributed by atoms with Gasteiger partial charge >= 0.3 is 0 Å². The molecule has 2 aromatic carbocycles. The van der Waals surface area contributed by atoms with Gasteiger partial charge in [-0.3, -0.25) is 0 Å². The van der Waals surface area contributed by atoms with Crippen LogP contribution in [0.2, 0.25) is 0 Å². The Morgan fingerprint density at radius 2 is 1.65 bits per heavy atom. The first-order chi connectivity index (χ1) is 11.0. The number of hydrogen-bond donors (Lipinski definition) is 2. The predicted octanol–water partition coefficient (Wildman–Crippen LogP) is 4.92. The molecule has 0 heterocycles. The summed E-state index contributed by atoms with van der Waals surface area (Å²) in [6.07, 6.45) is 4.93. The summed E-state index contributed by atoms with van der Waals surface area (Å²) in [5.74, 6) is -0.982. The van der Waals surface area contributed by atoms with Crippen molar-refractivity contribution >= 4 is 0 Å². The second-order valence-corrected chi connectivity index (χ2v) is 5.40. The van der Waals surface area contributed by atoms with E-state index in [0.29, 0.717) is 29.5 Å². The lowest BCUT2D eigenvalue weighted by Gasteiger charge is -2.17. The first-order valence-corrected chi connectivity index (χ1v) is 7.60. The maximum absolute atomic E-state index is 14.2. The van der Waals surface area contributed by atoms with E-state index < -0.39 is 5.82 Å². The molecule has 0 aliphatic heterocycles. The molecule has 120 valence electrons. The third-order valence-electron chi connectivity index (χ3n) is 3.93. The van der Waals surface area contributed by atoms with Crippen LogP contribution in [0, 0.1) is 5.82 Å². The summed E-state index contributed by atoms with van der Waals surface area (Å²) in [7, 11) is 0. The van der Waals surface area contributed by atoms with Crippen molar-refractivity contribution in [2.24, 2.45) is 0 Å². The normalized spacial score (nSPS) is 10.5. The Hall–Kier alpha value is -2.55. The van der Waals surface area contributed by atoms with Crippen LogP contribution in [0.3, 0.4) is 0 Å². The number of benzene rings is 2. The maximum Gasteiger partial charge on any atom is 0.165 e. The van der Waals surface area contributed by atoms with Gasteiger partial charge in [-0.15, -0.1) is 13.2 Å². The highest BCUT2D eigenvalue weighted by molar-refractivity contribution is 5.76. The van der Waals surface area contributed by atoms with Gasteiger partial charge in [-0.2, -0.15) is 0 Å². The van der Waals surface area contributed by atoms with Gasteiger partial charge in [0.05, 0.1) is 0 Å². The van der Waals surface area contributed by atoms with Crippen molar-refractivity contribution in [2.45, 2.75) is 26.2 Å². The summed E-state index contributed by atoms with van der Waals surface area (Å²) >= 11 is 0. The van der Waals surface area contributed by atoms with Crippen LogP contribution in [0.15, 0.2) is 49.6 Å². The number of aromatic hydroxyl groups is 2. The molecular formula is C20H21FO2. The van der Waals surface area contributed by atoms with Crippen LogP contribution in [-0.2, 0) is 19.3 Å². The van der Waals surface area contributed by atoms with Crippen LogP contribution in [0.4, 0.5) is 4.39 Å². The highest BCUT2D eigenvalue weighted by Crippen LogP contribution is 2.39. The van der Waals surface area contributed by atoms with Crippen LogP contribution in [0.25, 0.3) is 11.1 Å². The van der Waals surface area contributed by atoms with E-state index in [1.807, 2.05) is 19.1 Å². The van der Waals surface area contributed by atoms with Gasteiger partial charge < -0.3 is 10.2 Å². The van der Waals surface area contributed by atoms with E-state index in [1.165, 1.54) is 6.07 Å². The number of halogens is 1. The summed E-state index contributed by atoms with van der Waals surface area (Å²) in [5, 5.41) is 20.3. The van der Waals surface area contributed by atoms with Gasteiger partial charge in [-0.05, 0) is 54.2 Å². The van der Waals surface area contributed by atoms with Crippen molar-refractivity contribution < 1.29 is 14.6 Å². The Morgan fingerprint density at radius 1 is 1.00 bits per heavy atom. The number of aryl methyl sites for hydroxylation is 1. The first kappa shape index (κ1) is 16.8. The van der Waals surface area contributed by atoms with Crippen LogP contribution in [0.1, 0.15) is 23.6 Å². The molecule has 0 radical (unpaired) electrons. The Balaban J connectivity index is 2.80. The lowest BCUT2D eigenvalue weighted by molar-refractivity contribution is 0.426. The van der Waals surface area contributed by atoms with Gasteiger partial charge in [0, 0.05) is 11.1 Å². The fourth-order valence-corrected chi connectivity index (χ4v) is 2.73. The van der Waals surface area contributed by atoms with Gasteiger partial charge in [0.15, 0.2) is 11.6 Å². The Bertz CT molecular complexity index is 748. The molecule has 0 atom stereocenters. The molecule has 3 heteroatoms. The van der Waals surface area contributed by atoms with Crippen molar-refractivity contribution in [3.05, 3.63) is 72.1 Å². The number of phenols is 2. The van der Waals surface area contributed by atoms with E-state index >= 15 is 0 Å². The second kappa shape index (κ2) is 7.14. The fraction of sp³-hybridized carbons (Fsp3) is 0.200. The third-order valence-corrected chi connectivity index (χ3v) is 3.93. The lowest BCUT2D eigenvalue weighted by atomic mass is 9.89. The molecule has 2 N–H and O–H groups in total. The van der Waals surface area contributed by atoms with Crippen LogP contribution >= 0.6 is 0 Å². The maximum atomic E-state index is 14.2. The summed E-state index contributed by atoms with van der Waals surface area (Å²) in [4.78, 5) is 0. The molecule has 2 rings (SSSR count). The molecule has 0 bridgehead atoms. The van der Waals surface area contributed by atoms with Crippen molar-refractivity contribution in [3.8, 4) is 22.6 Å². The number of hydrogen-bond acceptors (Lipinski definition) is 2. The Labute approximate surface area is 136 Å². The van der Waals surface area contributed by atoms with E-state index in [2.05, 4.69) is 13.2 Å². The molecule has 0 unspecified atom stereocenters. The topological polar surface area (TPSA) is 40.5 Å². The van der Waals surface area contributed by atoms with Gasteiger partial charge in [0.2, 0.25) is 0 Å². The molecule has 0 amide bonds. The lowest BCUT2D eigenvalue weighted by Crippen LogP contribution is -2.00. The van der Waals surface area contributed by atoms with Crippen molar-refractivity contribution in [1.82, 2.24) is 0 Å². The average molecular weight is 312 g/mol. The second-order valence-electron chi connectivity index (χ2n) is 5.40. The highest BCUT2D eigenvalue weighted by Gasteiger charge is 2.19. The first-order valence-electron chi connectivity index (χ1n) is 7.60. The van der Waals surface area contributed by atoms with Gasteiger partial charge in [-0.1, -0.05) is 25.1 Å². The minimum atomic E-state index is -0.703. The zero-order chi connectivity index (χ0) is 17.0. The number of phenolic OH excluding ortho intramolecular Hbond substituents is 2. The molecule has 0 spiro atoms. The number of allylic oxidation sites excluding steroid dienone is 2. The summed E-state index contributed by atoms with van der Waals surface area (Å²) in [5.41, 5.74) is 3.41. The largest absolute Gasteiger partial charge is 0.507 e. The third kappa shape index (κ3) is 3.29. The minimum Gasteiger partial charge on any atom is -0.507 e. The average Bonchev–Trinajstić information content (AvgIpc) is 2.55. The van der Waals surface area contributed by atoms with Crippen LogP contribution in [0.5, 0.6) is 11.5 Å². The van der Waals surface area contributed by atoms with Gasteiger partial charge in [-0.25, -0.2) is 4.39 Å². The molecule has 0 aliphatic rings. The zero-order valence-corrected chi connectivity index (χ0v) is 13.3. The highest BCUT2D eigenvalue weighted by atomic mass is 19.1. The van der Waals surface area contributed by atoms with Gasteiger partial charge in [0.25, 0.3) is 0 Å². The summed E-state index contributed by atoms with van der Waals surface area (Å²) < 4.78 is 14.2. The van der Waals surface area contributed by atoms with Crippen molar-refractivity contribution in [3.63, 3.8) is 0 Å². The number of rotatable bonds is 6. The van der Waals surface area contributed by atoms with Gasteiger partial charge in [0.1, 0.15) is 5.75 Å². The molecule has 0 fully saturated rings. The Kier molecular flexibility index (Phi) is 5.22. The monoisotopic (exact) mass is 312 g/mol. The van der Waals surface area contributed by atoms with Crippen LogP contribution < -0.4 is 0 Å². The van der Waals surface area contributed by atoms with Crippen molar-refractivity contribution in [2.75, 3.05) is 0 Å². The van der Waals surface area contributed by atoms with Crippen LogP contribution in [-0.4, -0.2) is 10.2 Å². The quantitative estimate of drug-likeness (QED) is 0.743. The summed E-state index contributed by atoms with van der Waals surface area (Å²) in [6.45, 7) is 9.42. The van der Waals surface area contributed by atoms with E-state index in [-0.39, 0.29) is 11.5 Å². The fourth-order valence-electron chi connectivity index (χ4n) is 2.73. The zero-order valence-electron chi connectivity index (χ0n) is 13.3. The molecule has 2 nitrogen and oxygen atoms in total. The molecule has 0 saturated carbocycles. The molecular weight excluding hydrogens is 291 g/mol. The molecule has 23 heavy (non-hydrogen) atoms. The molecule has 0 saturated heterocycles. The van der Waals surface area contributed by atoms with E-state index in [1.54, 1.807) is 18.2 Å². The molecule has 0 aromatic heterocycles. The molecule has 0 aliphatic carbocycles. The van der Waals surface area contributed by atoms with E-state index in [0.717, 1.165) is 17.5 Å². The Morgan fingerprint density at radius 3 is 2.26 bits per heavy atom. The van der Waals surface area contributed by atoms with E-state index in [9.17, 15) is 14.6 Å². The standard InChI is InChI=1S/C20H21FO2/c1-4-7-14-15(8-5-2)20(23)18(21)12-16(14)17-11-13(6-3)9-10-19(17)22/h4-5,9-12,22-23H,1-2,6-8H2,3H3. The van der Waals surface area contributed by atoms with Crippen molar-refractivity contribution in [1.29, 1.82) is 0 Å². The molecule has 2 aromatic rings. The minimum absolute atomic E-state index is 0.0853. The summed E-state index contributed by atoms with van der Waals surface area (Å²) in [6, 6.07) is 6.58. The van der Waals surface area contributed by atoms with E-state index in [4.69, 9.17) is 0 Å². The predicted molar refractivity (Wildman–Crippen MR) is 92.3 cm³/mol. The smallest absolute Gasteiger partial charge is 0.165 e. The SMILES string of the molecule is C=CCc1c(-c2cc(CC)ccc2O)cc(F)c(O)c1CC=C.